The van der Waals surface area contributed by atoms with Crippen LogP contribution in [0.15, 0.2) is 24.7 Å². The van der Waals surface area contributed by atoms with Crippen molar-refractivity contribution in [2.75, 3.05) is 26.4 Å². The number of ether oxygens (including phenoxy) is 2. The Balaban J connectivity index is 1.59. The molecule has 2 aromatic rings. The summed E-state index contributed by atoms with van der Waals surface area (Å²) in [5.41, 5.74) is 3.55. The molecule has 0 aliphatic carbocycles. The van der Waals surface area contributed by atoms with Crippen molar-refractivity contribution in [2.45, 2.75) is 38.3 Å². The number of H-pyrrole nitrogens is 1. The Morgan fingerprint density at radius 2 is 2.17 bits per heavy atom. The average Bonchev–Trinajstić information content (AvgIpc) is 3.10. The summed E-state index contributed by atoms with van der Waals surface area (Å²) < 4.78 is 11.1. The first kappa shape index (κ1) is 15.6. The highest BCUT2D eigenvalue weighted by Gasteiger charge is 2.45. The van der Waals surface area contributed by atoms with E-state index in [4.69, 9.17) is 9.47 Å². The lowest BCUT2D eigenvalue weighted by Crippen LogP contribution is -2.53. The summed E-state index contributed by atoms with van der Waals surface area (Å²) in [7, 11) is 0. The number of rotatable bonds is 4. The largest absolute Gasteiger partial charge is 0.492 e. The summed E-state index contributed by atoms with van der Waals surface area (Å²) in [5.74, 6) is 0.829. The first-order valence-corrected chi connectivity index (χ1v) is 8.75. The van der Waals surface area contributed by atoms with Crippen LogP contribution in [0.2, 0.25) is 0 Å². The van der Waals surface area contributed by atoms with Crippen LogP contribution in [0.1, 0.15) is 36.8 Å². The molecule has 4 rings (SSSR count). The molecule has 1 saturated heterocycles. The number of imidazole rings is 1. The minimum absolute atomic E-state index is 0.0217. The molecular formula is C18H24N4O2. The van der Waals surface area contributed by atoms with Crippen LogP contribution in [0.5, 0.6) is 5.75 Å². The fraction of sp³-hybridized carbons (Fsp3) is 0.556. The van der Waals surface area contributed by atoms with E-state index in [0.29, 0.717) is 6.61 Å². The van der Waals surface area contributed by atoms with Gasteiger partial charge >= 0.3 is 0 Å². The Kier molecular flexibility index (Phi) is 4.24. The molecule has 24 heavy (non-hydrogen) atoms. The number of nitrogens with zero attached hydrogens (tertiary/aromatic N) is 3. The van der Waals surface area contributed by atoms with Gasteiger partial charge in [-0.15, -0.1) is 0 Å². The molecule has 0 atom stereocenters. The predicted octanol–water partition coefficient (Wildman–Crippen LogP) is 2.27. The Morgan fingerprint density at radius 3 is 2.92 bits per heavy atom. The Bertz CT molecular complexity index is 677. The fourth-order valence-corrected chi connectivity index (χ4v) is 3.97. The second kappa shape index (κ2) is 6.53. The standard InChI is InChI=1S/C18H24N4O2/c1-2-24-15-4-3-14(19-11-15)12-22-8-5-16-17(21-13-20-16)18(22)6-9-23-10-7-18/h3-4,11,13H,2,5-10,12H2,1H3,(H,20,21). The number of nitrogens with one attached hydrogen (secondary N) is 1. The maximum atomic E-state index is 5.63. The van der Waals surface area contributed by atoms with Crippen LogP contribution in [-0.2, 0) is 23.2 Å². The third-order valence-electron chi connectivity index (χ3n) is 5.18. The smallest absolute Gasteiger partial charge is 0.137 e. The molecule has 0 amide bonds. The number of fused-ring (bicyclic) bond motifs is 2. The summed E-state index contributed by atoms with van der Waals surface area (Å²) in [6.07, 6.45) is 6.64. The molecule has 128 valence electrons. The summed E-state index contributed by atoms with van der Waals surface area (Å²) in [6.45, 7) is 6.08. The molecule has 6 heteroatoms. The van der Waals surface area contributed by atoms with E-state index in [0.717, 1.165) is 57.0 Å². The fourth-order valence-electron chi connectivity index (χ4n) is 3.97. The normalized spacial score (nSPS) is 20.0. The van der Waals surface area contributed by atoms with Crippen molar-refractivity contribution >= 4 is 0 Å². The number of aromatic nitrogens is 3. The molecule has 2 aromatic heterocycles. The zero-order valence-electron chi connectivity index (χ0n) is 14.1. The lowest BCUT2D eigenvalue weighted by molar-refractivity contribution is -0.0455. The van der Waals surface area contributed by atoms with Gasteiger partial charge in [0.25, 0.3) is 0 Å². The lowest BCUT2D eigenvalue weighted by Gasteiger charge is -2.48. The Morgan fingerprint density at radius 1 is 1.29 bits per heavy atom. The van der Waals surface area contributed by atoms with E-state index in [2.05, 4.69) is 25.9 Å². The first-order chi connectivity index (χ1) is 11.8. The van der Waals surface area contributed by atoms with Gasteiger partial charge in [-0.05, 0) is 31.9 Å². The van der Waals surface area contributed by atoms with Gasteiger partial charge in [0.2, 0.25) is 0 Å². The molecule has 2 aliphatic rings. The maximum absolute atomic E-state index is 5.63. The van der Waals surface area contributed by atoms with Gasteiger partial charge in [-0.25, -0.2) is 4.98 Å². The SMILES string of the molecule is CCOc1ccc(CN2CCc3[nH]cnc3C23CCOCC3)nc1. The van der Waals surface area contributed by atoms with E-state index in [1.54, 1.807) is 0 Å². The molecule has 0 radical (unpaired) electrons. The predicted molar refractivity (Wildman–Crippen MR) is 89.8 cm³/mol. The molecule has 0 saturated carbocycles. The summed E-state index contributed by atoms with van der Waals surface area (Å²) in [5, 5.41) is 0. The van der Waals surface area contributed by atoms with Crippen molar-refractivity contribution in [2.24, 2.45) is 0 Å². The van der Waals surface area contributed by atoms with Gasteiger partial charge in [-0.3, -0.25) is 9.88 Å². The van der Waals surface area contributed by atoms with Gasteiger partial charge in [0.1, 0.15) is 5.75 Å². The molecule has 0 aromatic carbocycles. The third kappa shape index (κ3) is 2.70. The minimum Gasteiger partial charge on any atom is -0.492 e. The molecule has 0 unspecified atom stereocenters. The van der Waals surface area contributed by atoms with Crippen LogP contribution in [-0.4, -0.2) is 46.2 Å². The van der Waals surface area contributed by atoms with E-state index in [9.17, 15) is 0 Å². The number of hydrogen-bond acceptors (Lipinski definition) is 5. The topological polar surface area (TPSA) is 63.3 Å². The summed E-state index contributed by atoms with van der Waals surface area (Å²) >= 11 is 0. The molecule has 1 spiro atoms. The van der Waals surface area contributed by atoms with Gasteiger partial charge in [-0.2, -0.15) is 0 Å². The van der Waals surface area contributed by atoms with Crippen LogP contribution in [0, 0.1) is 0 Å². The molecular weight excluding hydrogens is 304 g/mol. The molecule has 6 nitrogen and oxygen atoms in total. The average molecular weight is 328 g/mol. The van der Waals surface area contributed by atoms with Gasteiger partial charge in [0, 0.05) is 38.4 Å². The van der Waals surface area contributed by atoms with Crippen molar-refractivity contribution in [1.82, 2.24) is 19.9 Å². The second-order valence-corrected chi connectivity index (χ2v) is 6.46. The van der Waals surface area contributed by atoms with Crippen LogP contribution >= 0.6 is 0 Å². The molecule has 1 N–H and O–H groups in total. The quantitative estimate of drug-likeness (QED) is 0.933. The monoisotopic (exact) mass is 328 g/mol. The molecule has 0 bridgehead atoms. The minimum atomic E-state index is -0.0217. The van der Waals surface area contributed by atoms with E-state index < -0.39 is 0 Å². The van der Waals surface area contributed by atoms with Crippen LogP contribution in [0.4, 0.5) is 0 Å². The van der Waals surface area contributed by atoms with Gasteiger partial charge in [-0.1, -0.05) is 0 Å². The van der Waals surface area contributed by atoms with Gasteiger partial charge in [0.15, 0.2) is 0 Å². The van der Waals surface area contributed by atoms with Crippen molar-refractivity contribution in [3.8, 4) is 5.75 Å². The van der Waals surface area contributed by atoms with Gasteiger partial charge < -0.3 is 14.5 Å². The Labute approximate surface area is 142 Å². The first-order valence-electron chi connectivity index (χ1n) is 8.75. The molecule has 4 heterocycles. The zero-order chi connectivity index (χ0) is 16.4. The summed E-state index contributed by atoms with van der Waals surface area (Å²) in [6, 6.07) is 4.07. The highest BCUT2D eigenvalue weighted by molar-refractivity contribution is 5.27. The number of hydrogen-bond donors (Lipinski definition) is 1. The second-order valence-electron chi connectivity index (χ2n) is 6.46. The molecule has 2 aliphatic heterocycles. The third-order valence-corrected chi connectivity index (χ3v) is 5.18. The highest BCUT2D eigenvalue weighted by Crippen LogP contribution is 2.42. The van der Waals surface area contributed by atoms with Crippen LogP contribution in [0.3, 0.4) is 0 Å². The Hall–Kier alpha value is -1.92. The zero-order valence-corrected chi connectivity index (χ0v) is 14.1. The molecule has 1 fully saturated rings. The van der Waals surface area contributed by atoms with Crippen molar-refractivity contribution < 1.29 is 9.47 Å². The van der Waals surface area contributed by atoms with Crippen molar-refractivity contribution in [1.29, 1.82) is 0 Å². The van der Waals surface area contributed by atoms with E-state index in [1.165, 1.54) is 11.4 Å². The van der Waals surface area contributed by atoms with Crippen LogP contribution in [0.25, 0.3) is 0 Å². The van der Waals surface area contributed by atoms with Crippen molar-refractivity contribution in [3.63, 3.8) is 0 Å². The van der Waals surface area contributed by atoms with Gasteiger partial charge in [0.05, 0.1) is 36.1 Å². The van der Waals surface area contributed by atoms with Crippen molar-refractivity contribution in [3.05, 3.63) is 41.7 Å². The summed E-state index contributed by atoms with van der Waals surface area (Å²) in [4.78, 5) is 15.1. The van der Waals surface area contributed by atoms with E-state index in [-0.39, 0.29) is 5.54 Å². The van der Waals surface area contributed by atoms with E-state index in [1.807, 2.05) is 25.5 Å². The number of pyridine rings is 1. The lowest BCUT2D eigenvalue weighted by atomic mass is 9.80. The van der Waals surface area contributed by atoms with Crippen LogP contribution < -0.4 is 4.74 Å². The highest BCUT2D eigenvalue weighted by atomic mass is 16.5. The maximum Gasteiger partial charge on any atom is 0.137 e. The van der Waals surface area contributed by atoms with E-state index >= 15 is 0 Å². The number of aromatic amines is 1.